The van der Waals surface area contributed by atoms with Crippen LogP contribution in [0.25, 0.3) is 0 Å². The van der Waals surface area contributed by atoms with Crippen molar-refractivity contribution in [2.24, 2.45) is 11.8 Å². The van der Waals surface area contributed by atoms with E-state index < -0.39 is 8.25 Å². The minimum absolute atomic E-state index is 0. The van der Waals surface area contributed by atoms with E-state index in [1.807, 2.05) is 0 Å². The van der Waals surface area contributed by atoms with Crippen LogP contribution in [0.2, 0.25) is 0 Å². The Balaban J connectivity index is -0.00000180. The second-order valence-electron chi connectivity index (χ2n) is 5.65. The van der Waals surface area contributed by atoms with E-state index in [-0.39, 0.29) is 31.0 Å². The molecule has 0 bridgehead atoms. The maximum absolute atomic E-state index is 11.7. The third-order valence-electron chi connectivity index (χ3n) is 3.92. The second-order valence-corrected chi connectivity index (χ2v) is 6.61. The first-order chi connectivity index (χ1) is 9.67. The van der Waals surface area contributed by atoms with Gasteiger partial charge in [0, 0.05) is 4.57 Å². The molecule has 0 aliphatic rings. The van der Waals surface area contributed by atoms with Gasteiger partial charge in [-0.2, -0.15) is 0 Å². The maximum atomic E-state index is 11.7. The van der Waals surface area contributed by atoms with Crippen LogP contribution in [0.5, 0.6) is 0 Å². The average molecular weight is 329 g/mol. The van der Waals surface area contributed by atoms with Gasteiger partial charge in [0.15, 0.2) is 0 Å². The van der Waals surface area contributed by atoms with Crippen molar-refractivity contribution >= 4 is 8.25 Å². The van der Waals surface area contributed by atoms with Crippen LogP contribution in [0, 0.1) is 11.8 Å². The molecule has 5 heteroatoms. The zero-order chi connectivity index (χ0) is 15.2. The van der Waals surface area contributed by atoms with Crippen molar-refractivity contribution in [3.05, 3.63) is 0 Å². The fraction of sp³-hybridized carbons (Fsp3) is 1.00. The molecule has 0 saturated carbocycles. The largest absolute Gasteiger partial charge is 1.00 e. The van der Waals surface area contributed by atoms with Crippen molar-refractivity contribution in [3.8, 4) is 0 Å². The van der Waals surface area contributed by atoms with E-state index in [0.717, 1.165) is 25.7 Å². The Bertz CT molecular complexity index is 223. The standard InChI is InChI=1S/C16H34O3P.Na.H/c1-5-9-11-15(7-3)13-18-20(17)19-14-16(8-4)12-10-6-2;;/h15-16H,5-14H2,1-4H3;;/q2*+1;-1. The first-order valence-corrected chi connectivity index (χ1v) is 9.50. The van der Waals surface area contributed by atoms with Gasteiger partial charge in [-0.15, -0.1) is 9.05 Å². The van der Waals surface area contributed by atoms with Crippen LogP contribution in [0.3, 0.4) is 0 Å². The third-order valence-corrected chi connectivity index (χ3v) is 4.64. The molecule has 0 amide bonds. The van der Waals surface area contributed by atoms with Crippen molar-refractivity contribution in [2.45, 2.75) is 79.1 Å². The molecule has 3 nitrogen and oxygen atoms in total. The molecule has 0 aliphatic heterocycles. The SMILES string of the molecule is CCCCC(CC)CO[P+](=O)OCC(CC)CCCC.[H-].[Na+]. The van der Waals surface area contributed by atoms with E-state index in [1.165, 1.54) is 25.7 Å². The molecule has 2 atom stereocenters. The summed E-state index contributed by atoms with van der Waals surface area (Å²) in [6, 6.07) is 0. The topological polar surface area (TPSA) is 35.5 Å². The number of hydrogen-bond acceptors (Lipinski definition) is 3. The van der Waals surface area contributed by atoms with Gasteiger partial charge in [0.05, 0.1) is 0 Å². The Morgan fingerprint density at radius 2 is 1.24 bits per heavy atom. The fourth-order valence-electron chi connectivity index (χ4n) is 2.17. The summed E-state index contributed by atoms with van der Waals surface area (Å²) in [5, 5.41) is 0. The van der Waals surface area contributed by atoms with Crippen molar-refractivity contribution < 1.29 is 44.6 Å². The minimum atomic E-state index is -1.94. The normalized spacial score (nSPS) is 14.4. The second kappa shape index (κ2) is 17.4. The molecule has 0 aromatic heterocycles. The van der Waals surface area contributed by atoms with Crippen LogP contribution >= 0.6 is 8.25 Å². The summed E-state index contributed by atoms with van der Waals surface area (Å²) in [6.45, 7) is 9.84. The van der Waals surface area contributed by atoms with Gasteiger partial charge in [-0.1, -0.05) is 66.2 Å². The number of hydrogen-bond donors (Lipinski definition) is 0. The molecule has 122 valence electrons. The fourth-order valence-corrected chi connectivity index (χ4v) is 2.91. The van der Waals surface area contributed by atoms with E-state index in [4.69, 9.17) is 9.05 Å². The molecule has 21 heavy (non-hydrogen) atoms. The molecule has 0 saturated heterocycles. The smallest absolute Gasteiger partial charge is 1.00 e. The van der Waals surface area contributed by atoms with E-state index >= 15 is 0 Å². The van der Waals surface area contributed by atoms with Gasteiger partial charge in [-0.3, -0.25) is 0 Å². The van der Waals surface area contributed by atoms with E-state index in [0.29, 0.717) is 25.0 Å². The molecule has 0 fully saturated rings. The molecule has 0 rings (SSSR count). The van der Waals surface area contributed by atoms with Crippen molar-refractivity contribution in [1.82, 2.24) is 0 Å². The zero-order valence-corrected chi connectivity index (χ0v) is 17.8. The van der Waals surface area contributed by atoms with Gasteiger partial charge in [0.1, 0.15) is 13.2 Å². The molecule has 0 spiro atoms. The first kappa shape index (κ1) is 24.3. The Morgan fingerprint density at radius 3 is 1.52 bits per heavy atom. The summed E-state index contributed by atoms with van der Waals surface area (Å²) in [5.41, 5.74) is 0. The number of unbranched alkanes of at least 4 members (excludes halogenated alkanes) is 2. The summed E-state index contributed by atoms with van der Waals surface area (Å²) in [5.74, 6) is 1.03. The van der Waals surface area contributed by atoms with Gasteiger partial charge in [-0.05, 0) is 24.7 Å². The van der Waals surface area contributed by atoms with Crippen molar-refractivity contribution in [2.75, 3.05) is 13.2 Å². The van der Waals surface area contributed by atoms with Crippen LogP contribution in [-0.4, -0.2) is 13.2 Å². The van der Waals surface area contributed by atoms with Gasteiger partial charge >= 0.3 is 37.8 Å². The molecule has 0 aliphatic carbocycles. The zero-order valence-electron chi connectivity index (χ0n) is 15.9. The molecule has 0 aromatic carbocycles. The molecule has 2 unspecified atom stereocenters. The molecule has 0 N–H and O–H groups in total. The van der Waals surface area contributed by atoms with Crippen LogP contribution in [0.4, 0.5) is 0 Å². The summed E-state index contributed by atoms with van der Waals surface area (Å²) < 4.78 is 22.5. The molecule has 0 radical (unpaired) electrons. The quantitative estimate of drug-likeness (QED) is 0.363. The Morgan fingerprint density at radius 1 is 0.857 bits per heavy atom. The number of rotatable bonds is 14. The molecule has 0 heterocycles. The first-order valence-electron chi connectivity index (χ1n) is 8.40. The maximum Gasteiger partial charge on any atom is 1.00 e. The van der Waals surface area contributed by atoms with E-state index in [9.17, 15) is 4.57 Å². The molecule has 0 aromatic rings. The van der Waals surface area contributed by atoms with E-state index in [2.05, 4.69) is 27.7 Å². The summed E-state index contributed by atoms with van der Waals surface area (Å²) in [6.07, 6.45) is 9.31. The minimum Gasteiger partial charge on any atom is -1.00 e. The predicted octanol–water partition coefficient (Wildman–Crippen LogP) is 3.23. The molecular weight excluding hydrogens is 294 g/mol. The summed E-state index contributed by atoms with van der Waals surface area (Å²) in [4.78, 5) is 0. The van der Waals surface area contributed by atoms with Gasteiger partial charge < -0.3 is 1.43 Å². The molecular formula is C16H35NaO3P+. The van der Waals surface area contributed by atoms with Crippen LogP contribution in [0.1, 0.15) is 80.5 Å². The van der Waals surface area contributed by atoms with Crippen LogP contribution in [-0.2, 0) is 13.6 Å². The van der Waals surface area contributed by atoms with Gasteiger partial charge in [-0.25, -0.2) is 0 Å². The average Bonchev–Trinajstić information content (AvgIpc) is 2.47. The van der Waals surface area contributed by atoms with Gasteiger partial charge in [0.25, 0.3) is 0 Å². The monoisotopic (exact) mass is 329 g/mol. The Labute approximate surface area is 156 Å². The Kier molecular flexibility index (Phi) is 20.1. The predicted molar refractivity (Wildman–Crippen MR) is 87.2 cm³/mol. The summed E-state index contributed by atoms with van der Waals surface area (Å²) in [7, 11) is -1.94. The van der Waals surface area contributed by atoms with Crippen LogP contribution in [0.15, 0.2) is 0 Å². The van der Waals surface area contributed by atoms with Crippen molar-refractivity contribution in [3.63, 3.8) is 0 Å². The van der Waals surface area contributed by atoms with Crippen molar-refractivity contribution in [1.29, 1.82) is 0 Å². The van der Waals surface area contributed by atoms with Gasteiger partial charge in [0.2, 0.25) is 0 Å². The Hall–Kier alpha value is 1.02. The van der Waals surface area contributed by atoms with E-state index in [1.54, 1.807) is 0 Å². The van der Waals surface area contributed by atoms with Crippen LogP contribution < -0.4 is 29.6 Å². The third kappa shape index (κ3) is 14.3. The summed E-state index contributed by atoms with van der Waals surface area (Å²) >= 11 is 0.